The van der Waals surface area contributed by atoms with Crippen molar-refractivity contribution in [3.05, 3.63) is 53.9 Å². The molecule has 0 bridgehead atoms. The van der Waals surface area contributed by atoms with Crippen LogP contribution in [0, 0.1) is 0 Å². The molecule has 2 aromatic carbocycles. The van der Waals surface area contributed by atoms with Crippen molar-refractivity contribution in [3.63, 3.8) is 0 Å². The van der Waals surface area contributed by atoms with Crippen LogP contribution in [-0.2, 0) is 9.53 Å². The number of carbonyl (C=O) groups excluding carboxylic acids is 1. The molecule has 3 aromatic rings. The number of anilines is 1. The van der Waals surface area contributed by atoms with Gasteiger partial charge < -0.3 is 24.5 Å². The van der Waals surface area contributed by atoms with Crippen molar-refractivity contribution in [1.29, 1.82) is 0 Å². The second kappa shape index (κ2) is 8.36. The first-order chi connectivity index (χ1) is 14.2. The summed E-state index contributed by atoms with van der Waals surface area (Å²) in [4.78, 5) is 20.2. The lowest BCUT2D eigenvalue weighted by molar-refractivity contribution is -0.111. The number of nitrogens with zero attached hydrogens (tertiary/aromatic N) is 1. The Hall–Kier alpha value is -3.32. The fraction of sp³-hybridized carbons (Fsp3) is 0.273. The molecule has 0 spiro atoms. The third kappa shape index (κ3) is 4.25. The molecule has 1 unspecified atom stereocenters. The summed E-state index contributed by atoms with van der Waals surface area (Å²) in [5, 5.41) is 2.87. The van der Waals surface area contributed by atoms with Crippen molar-refractivity contribution in [2.24, 2.45) is 0 Å². The Kier molecular flexibility index (Phi) is 5.48. The lowest BCUT2D eigenvalue weighted by Gasteiger charge is -2.07. The number of hydrogen-bond donors (Lipinski definition) is 2. The Morgan fingerprint density at radius 1 is 1.24 bits per heavy atom. The summed E-state index contributed by atoms with van der Waals surface area (Å²) in [6.45, 7) is 0.772. The number of amides is 1. The summed E-state index contributed by atoms with van der Waals surface area (Å²) in [5.74, 6) is 1.93. The largest absolute Gasteiger partial charge is 0.497 e. The van der Waals surface area contributed by atoms with Gasteiger partial charge in [-0.15, -0.1) is 0 Å². The van der Waals surface area contributed by atoms with Crippen LogP contribution in [0.4, 0.5) is 5.69 Å². The zero-order chi connectivity index (χ0) is 20.2. The van der Waals surface area contributed by atoms with Gasteiger partial charge in [-0.1, -0.05) is 0 Å². The molecule has 2 N–H and O–H groups in total. The van der Waals surface area contributed by atoms with Crippen molar-refractivity contribution < 1.29 is 19.0 Å². The molecular formula is C22H23N3O4. The van der Waals surface area contributed by atoms with Crippen LogP contribution in [-0.4, -0.2) is 36.7 Å². The monoisotopic (exact) mass is 393 g/mol. The average Bonchev–Trinajstić information content (AvgIpc) is 3.41. The Morgan fingerprint density at radius 3 is 2.90 bits per heavy atom. The maximum Gasteiger partial charge on any atom is 0.248 e. The number of H-pyrrole nitrogens is 1. The number of methoxy groups -OCH3 is 2. The summed E-state index contributed by atoms with van der Waals surface area (Å²) in [6.07, 6.45) is 5.23. The minimum absolute atomic E-state index is 0.0304. The van der Waals surface area contributed by atoms with E-state index in [1.54, 1.807) is 26.4 Å². The second-order valence-corrected chi connectivity index (χ2v) is 6.79. The molecule has 1 fully saturated rings. The lowest BCUT2D eigenvalue weighted by atomic mass is 10.1. The highest BCUT2D eigenvalue weighted by atomic mass is 16.5. The Balaban J connectivity index is 1.46. The molecule has 1 aliphatic rings. The molecule has 1 atom stereocenters. The lowest BCUT2D eigenvalue weighted by Crippen LogP contribution is -2.07. The van der Waals surface area contributed by atoms with Crippen LogP contribution < -0.4 is 14.8 Å². The van der Waals surface area contributed by atoms with Crippen LogP contribution in [0.1, 0.15) is 30.3 Å². The summed E-state index contributed by atoms with van der Waals surface area (Å²) >= 11 is 0. The summed E-state index contributed by atoms with van der Waals surface area (Å²) in [7, 11) is 3.18. The van der Waals surface area contributed by atoms with Crippen LogP contribution in [0.2, 0.25) is 0 Å². The van der Waals surface area contributed by atoms with Crippen LogP contribution in [0.3, 0.4) is 0 Å². The van der Waals surface area contributed by atoms with Gasteiger partial charge in [0.1, 0.15) is 23.4 Å². The molecule has 1 saturated heterocycles. The van der Waals surface area contributed by atoms with Gasteiger partial charge in [-0.25, -0.2) is 4.98 Å². The van der Waals surface area contributed by atoms with Gasteiger partial charge in [-0.3, -0.25) is 4.79 Å². The summed E-state index contributed by atoms with van der Waals surface area (Å²) < 4.78 is 16.2. The fourth-order valence-corrected chi connectivity index (χ4v) is 3.36. The number of ether oxygens (including phenoxy) is 3. The van der Waals surface area contributed by atoms with Gasteiger partial charge in [0, 0.05) is 30.0 Å². The Labute approximate surface area is 168 Å². The maximum atomic E-state index is 12.3. The first kappa shape index (κ1) is 19.0. The first-order valence-corrected chi connectivity index (χ1v) is 9.48. The van der Waals surface area contributed by atoms with E-state index in [0.29, 0.717) is 17.2 Å². The predicted molar refractivity (Wildman–Crippen MR) is 111 cm³/mol. The standard InChI is InChI=1S/C22H23N3O4/c1-27-16-8-5-14(20(13-16)28-2)6-10-21(26)23-15-7-9-17-18(12-15)25-22(24-17)19-4-3-11-29-19/h5-10,12-13,19H,3-4,11H2,1-2H3,(H,23,26)(H,24,25)/b10-6+. The van der Waals surface area contributed by atoms with Crippen LogP contribution in [0.5, 0.6) is 11.5 Å². The third-order valence-electron chi connectivity index (χ3n) is 4.86. The van der Waals surface area contributed by atoms with Gasteiger partial charge in [-0.05, 0) is 49.2 Å². The van der Waals surface area contributed by atoms with Gasteiger partial charge in [-0.2, -0.15) is 0 Å². The van der Waals surface area contributed by atoms with E-state index in [0.717, 1.165) is 41.9 Å². The number of nitrogens with one attached hydrogen (secondary N) is 2. The number of fused-ring (bicyclic) bond motifs is 1. The van der Waals surface area contributed by atoms with E-state index >= 15 is 0 Å². The molecule has 29 heavy (non-hydrogen) atoms. The van der Waals surface area contributed by atoms with Crippen LogP contribution in [0.15, 0.2) is 42.5 Å². The number of imidazole rings is 1. The molecule has 7 heteroatoms. The van der Waals surface area contributed by atoms with E-state index in [4.69, 9.17) is 14.2 Å². The fourth-order valence-electron chi connectivity index (χ4n) is 3.36. The molecule has 2 heterocycles. The molecule has 0 radical (unpaired) electrons. The highest BCUT2D eigenvalue weighted by Crippen LogP contribution is 2.29. The molecule has 0 saturated carbocycles. The number of hydrogen-bond acceptors (Lipinski definition) is 5. The summed E-state index contributed by atoms with van der Waals surface area (Å²) in [6, 6.07) is 11.0. The quantitative estimate of drug-likeness (QED) is 0.616. The molecule has 1 aliphatic heterocycles. The first-order valence-electron chi connectivity index (χ1n) is 9.48. The van der Waals surface area contributed by atoms with Crippen molar-refractivity contribution in [2.45, 2.75) is 18.9 Å². The number of aromatic nitrogens is 2. The van der Waals surface area contributed by atoms with Crippen LogP contribution in [0.25, 0.3) is 17.1 Å². The zero-order valence-corrected chi connectivity index (χ0v) is 16.4. The van der Waals surface area contributed by atoms with Gasteiger partial charge in [0.15, 0.2) is 0 Å². The number of benzene rings is 2. The van der Waals surface area contributed by atoms with Crippen molar-refractivity contribution in [1.82, 2.24) is 9.97 Å². The van der Waals surface area contributed by atoms with E-state index in [-0.39, 0.29) is 12.0 Å². The van der Waals surface area contributed by atoms with Crippen molar-refractivity contribution >= 4 is 28.7 Å². The summed E-state index contributed by atoms with van der Waals surface area (Å²) in [5.41, 5.74) is 3.20. The predicted octanol–water partition coefficient (Wildman–Crippen LogP) is 4.08. The highest BCUT2D eigenvalue weighted by molar-refractivity contribution is 6.03. The van der Waals surface area contributed by atoms with Crippen molar-refractivity contribution in [2.75, 3.05) is 26.1 Å². The molecule has 4 rings (SSSR count). The molecule has 150 valence electrons. The number of carbonyl (C=O) groups is 1. The minimum Gasteiger partial charge on any atom is -0.497 e. The molecular weight excluding hydrogens is 370 g/mol. The average molecular weight is 393 g/mol. The van der Waals surface area contributed by atoms with Gasteiger partial charge >= 0.3 is 0 Å². The van der Waals surface area contributed by atoms with E-state index in [1.165, 1.54) is 6.08 Å². The Bertz CT molecular complexity index is 1050. The van der Waals surface area contributed by atoms with E-state index in [1.807, 2.05) is 30.3 Å². The van der Waals surface area contributed by atoms with Gasteiger partial charge in [0.25, 0.3) is 0 Å². The smallest absolute Gasteiger partial charge is 0.248 e. The molecule has 1 aromatic heterocycles. The topological polar surface area (TPSA) is 85.5 Å². The van der Waals surface area contributed by atoms with E-state index in [2.05, 4.69) is 15.3 Å². The van der Waals surface area contributed by atoms with E-state index < -0.39 is 0 Å². The molecule has 7 nitrogen and oxygen atoms in total. The minimum atomic E-state index is -0.235. The number of aromatic amines is 1. The van der Waals surface area contributed by atoms with Crippen LogP contribution >= 0.6 is 0 Å². The van der Waals surface area contributed by atoms with Gasteiger partial charge in [0.05, 0.1) is 25.3 Å². The normalized spacial score (nSPS) is 16.4. The SMILES string of the molecule is COc1ccc(/C=C/C(=O)Nc2ccc3nc(C4CCCO4)[nH]c3c2)c(OC)c1. The Morgan fingerprint density at radius 2 is 2.14 bits per heavy atom. The van der Waals surface area contributed by atoms with Crippen molar-refractivity contribution in [3.8, 4) is 11.5 Å². The second-order valence-electron chi connectivity index (χ2n) is 6.79. The highest BCUT2D eigenvalue weighted by Gasteiger charge is 2.21. The third-order valence-corrected chi connectivity index (χ3v) is 4.86. The zero-order valence-electron chi connectivity index (χ0n) is 16.4. The molecule has 1 amide bonds. The maximum absolute atomic E-state index is 12.3. The number of rotatable bonds is 6. The van der Waals surface area contributed by atoms with E-state index in [9.17, 15) is 4.79 Å². The van der Waals surface area contributed by atoms with Gasteiger partial charge in [0.2, 0.25) is 5.91 Å². The molecule has 0 aliphatic carbocycles.